The van der Waals surface area contributed by atoms with Crippen LogP contribution in [0.15, 0.2) is 136 Å². The number of likely N-dealkylation sites (tertiary alicyclic amines) is 2. The Balaban J connectivity index is 1.21. The van der Waals surface area contributed by atoms with Crippen molar-refractivity contribution in [3.8, 4) is 0 Å². The van der Waals surface area contributed by atoms with Crippen LogP contribution in [-0.4, -0.2) is 68.7 Å². The Kier molecular flexibility index (Phi) is 7.37. The molecule has 266 valence electrons. The van der Waals surface area contributed by atoms with Crippen molar-refractivity contribution in [3.05, 3.63) is 143 Å². The Hall–Kier alpha value is -6.18. The SMILES string of the molecule is O=C([O-])N1CCC[C@H]1C(=O)[N+]1(c2nnc([N+]3(C(=O)[C@]4(Cc5ccccc5)C(Cc5ccccc5)CCN4C(=O)[O-])C4=CC=C3C=C4)o2)C2=CC=C1C=C2. The number of rotatable bonds is 8. The molecule has 1 aromatic heterocycles. The molecule has 13 nitrogen and oxygen atoms in total. The van der Waals surface area contributed by atoms with Gasteiger partial charge in [-0.05, 0) is 47.0 Å². The van der Waals surface area contributed by atoms with Gasteiger partial charge < -0.3 is 34.0 Å². The molecule has 0 aliphatic carbocycles. The van der Waals surface area contributed by atoms with Gasteiger partial charge in [-0.25, -0.2) is 9.59 Å². The molecule has 4 amide bonds. The zero-order valence-corrected chi connectivity index (χ0v) is 28.5. The van der Waals surface area contributed by atoms with Crippen LogP contribution in [0, 0.1) is 5.92 Å². The van der Waals surface area contributed by atoms with E-state index < -0.39 is 50.5 Å². The molecular formula is C40H34N6O7. The van der Waals surface area contributed by atoms with E-state index >= 15 is 4.79 Å². The van der Waals surface area contributed by atoms with Crippen LogP contribution in [0.25, 0.3) is 0 Å². The van der Waals surface area contributed by atoms with Gasteiger partial charge in [-0.15, -0.1) is 8.97 Å². The molecule has 1 unspecified atom stereocenters. The van der Waals surface area contributed by atoms with Crippen LogP contribution >= 0.6 is 0 Å². The maximum absolute atomic E-state index is 16.1. The van der Waals surface area contributed by atoms with Crippen LogP contribution in [0.3, 0.4) is 0 Å². The minimum absolute atomic E-state index is 0.0582. The summed E-state index contributed by atoms with van der Waals surface area (Å²) in [5.41, 5.74) is 2.01. The van der Waals surface area contributed by atoms with Crippen molar-refractivity contribution in [2.24, 2.45) is 5.92 Å². The van der Waals surface area contributed by atoms with Crippen molar-refractivity contribution in [1.29, 1.82) is 0 Å². The van der Waals surface area contributed by atoms with Gasteiger partial charge >= 0.3 is 23.8 Å². The van der Waals surface area contributed by atoms with Gasteiger partial charge in [0.25, 0.3) is 0 Å². The van der Waals surface area contributed by atoms with E-state index in [1.54, 1.807) is 48.6 Å². The molecule has 53 heavy (non-hydrogen) atoms. The lowest BCUT2D eigenvalue weighted by atomic mass is 9.75. The van der Waals surface area contributed by atoms with E-state index in [0.29, 0.717) is 48.5 Å². The fourth-order valence-electron chi connectivity index (χ4n) is 9.32. The van der Waals surface area contributed by atoms with E-state index in [2.05, 4.69) is 10.2 Å². The molecule has 2 saturated heterocycles. The molecule has 3 aromatic rings. The van der Waals surface area contributed by atoms with E-state index in [-0.39, 0.29) is 31.5 Å². The summed E-state index contributed by atoms with van der Waals surface area (Å²) in [7, 11) is 0. The number of hydrogen-bond acceptors (Lipinski definition) is 9. The molecule has 13 heteroatoms. The predicted molar refractivity (Wildman–Crippen MR) is 187 cm³/mol. The van der Waals surface area contributed by atoms with Crippen LogP contribution in [0.2, 0.25) is 0 Å². The number of aromatic nitrogens is 2. The van der Waals surface area contributed by atoms with Gasteiger partial charge in [0.2, 0.25) is 0 Å². The van der Waals surface area contributed by atoms with Crippen molar-refractivity contribution in [3.63, 3.8) is 0 Å². The molecule has 7 heterocycles. The van der Waals surface area contributed by atoms with Gasteiger partial charge in [0.15, 0.2) is 28.3 Å². The van der Waals surface area contributed by atoms with Crippen LogP contribution in [0.5, 0.6) is 0 Å². The first kappa shape index (κ1) is 32.7. The molecule has 2 fully saturated rings. The lowest BCUT2D eigenvalue weighted by molar-refractivity contribution is -0.270. The second-order valence-electron chi connectivity index (χ2n) is 14.2. The van der Waals surface area contributed by atoms with Gasteiger partial charge in [-0.1, -0.05) is 60.7 Å². The number of fused-ring (bicyclic) bond motifs is 4. The highest BCUT2D eigenvalue weighted by Gasteiger charge is 2.69. The zero-order chi connectivity index (χ0) is 36.5. The average Bonchev–Trinajstić information content (AvgIpc) is 4.04. The number of carboxylic acid groups (broad SMARTS) is 2. The van der Waals surface area contributed by atoms with Gasteiger partial charge in [0, 0.05) is 74.0 Å². The number of benzene rings is 2. The van der Waals surface area contributed by atoms with E-state index in [1.165, 1.54) is 4.90 Å². The first-order valence-electron chi connectivity index (χ1n) is 17.7. The maximum atomic E-state index is 16.1. The minimum atomic E-state index is -1.65. The van der Waals surface area contributed by atoms with Gasteiger partial charge in [-0.2, -0.15) is 0 Å². The normalized spacial score (nSPS) is 25.4. The van der Waals surface area contributed by atoms with E-state index in [1.807, 2.05) is 60.7 Å². The molecule has 6 aliphatic rings. The lowest BCUT2D eigenvalue weighted by Crippen LogP contribution is -2.69. The third-order valence-electron chi connectivity index (χ3n) is 11.7. The quantitative estimate of drug-likeness (QED) is 0.320. The Morgan fingerprint density at radius 1 is 0.717 bits per heavy atom. The summed E-state index contributed by atoms with van der Waals surface area (Å²) < 4.78 is 5.26. The van der Waals surface area contributed by atoms with Crippen LogP contribution in [0.1, 0.15) is 30.4 Å². The molecule has 0 N–H and O–H groups in total. The largest absolute Gasteiger partial charge is 0.530 e. The molecule has 0 saturated carbocycles. The molecule has 3 atom stereocenters. The average molecular weight is 711 g/mol. The summed E-state index contributed by atoms with van der Waals surface area (Å²) in [5.74, 6) is -1.47. The van der Waals surface area contributed by atoms with Crippen LogP contribution in [0.4, 0.5) is 21.6 Å². The third kappa shape index (κ3) is 4.44. The molecular weight excluding hydrogens is 676 g/mol. The number of nitrogens with zero attached hydrogens (tertiary/aromatic N) is 6. The second kappa shape index (κ2) is 11.9. The molecule has 2 aromatic carbocycles. The van der Waals surface area contributed by atoms with E-state index in [0.717, 1.165) is 16.0 Å². The fraction of sp³-hybridized carbons (Fsp3) is 0.250. The summed E-state index contributed by atoms with van der Waals surface area (Å²) in [6.45, 7) is 0.238. The van der Waals surface area contributed by atoms with Gasteiger partial charge in [0.1, 0.15) is 18.2 Å². The van der Waals surface area contributed by atoms with Crippen molar-refractivity contribution >= 4 is 36.0 Å². The van der Waals surface area contributed by atoms with Crippen molar-refractivity contribution < 1.29 is 33.8 Å². The van der Waals surface area contributed by atoms with Gasteiger partial charge in [0.05, 0.1) is 0 Å². The topological polar surface area (TPSA) is 160 Å². The van der Waals surface area contributed by atoms with Crippen LogP contribution < -0.4 is 19.2 Å². The number of amides is 4. The number of allylic oxidation sites excluding steroid dienone is 8. The van der Waals surface area contributed by atoms with Gasteiger partial charge in [-0.3, -0.25) is 0 Å². The summed E-state index contributed by atoms with van der Waals surface area (Å²) in [5, 5.41) is 34.2. The smallest absolute Gasteiger partial charge is 0.447 e. The molecule has 6 aliphatic heterocycles. The number of carbonyl (C=O) groups is 4. The van der Waals surface area contributed by atoms with Crippen molar-refractivity contribution in [1.82, 2.24) is 29.0 Å². The lowest BCUT2D eigenvalue weighted by Gasteiger charge is -2.44. The van der Waals surface area contributed by atoms with E-state index in [4.69, 9.17) is 4.42 Å². The number of quaternary nitrogens is 2. The summed E-state index contributed by atoms with van der Waals surface area (Å²) in [6, 6.07) is 17.6. The Bertz CT molecular complexity index is 2220. The Labute approximate surface area is 304 Å². The standard InChI is InChI=1S/C40H34N6O7/c47-34(33-12-7-22-43(33)38(49)50)45(29-13-14-30(45)16-15-29)36-41-42-37(53-36)46(31-17-18-32(46)20-19-31)35(48)40(25-27-10-5-2-6-11-27)28(21-23-44(40)39(51)52)24-26-8-3-1-4-9-26/h1-6,8-11,13-20,28,33H,7,12,21-25H2/t28?,33-,40-/m0/s1. The number of hydrogen-bond donors (Lipinski definition) is 0. The second-order valence-corrected chi connectivity index (χ2v) is 14.2. The zero-order valence-electron chi connectivity index (χ0n) is 28.5. The first-order chi connectivity index (χ1) is 25.7. The monoisotopic (exact) mass is 710 g/mol. The third-order valence-corrected chi connectivity index (χ3v) is 11.7. The highest BCUT2D eigenvalue weighted by molar-refractivity contribution is 6.05. The highest BCUT2D eigenvalue weighted by atomic mass is 16.4. The summed E-state index contributed by atoms with van der Waals surface area (Å²) in [6.07, 6.45) is 12.8. The van der Waals surface area contributed by atoms with Crippen molar-refractivity contribution in [2.75, 3.05) is 13.1 Å². The summed E-state index contributed by atoms with van der Waals surface area (Å²) >= 11 is 0. The molecule has 4 bridgehead atoms. The Morgan fingerprint density at radius 2 is 1.26 bits per heavy atom. The fourth-order valence-corrected chi connectivity index (χ4v) is 9.32. The first-order valence-corrected chi connectivity index (χ1v) is 17.7. The molecule has 9 rings (SSSR count). The van der Waals surface area contributed by atoms with Crippen molar-refractivity contribution in [2.45, 2.75) is 43.7 Å². The number of carbonyl (C=O) groups excluding carboxylic acids is 4. The molecule has 0 radical (unpaired) electrons. The minimum Gasteiger partial charge on any atom is -0.530 e. The predicted octanol–water partition coefficient (Wildman–Crippen LogP) is 3.14. The van der Waals surface area contributed by atoms with E-state index in [9.17, 15) is 24.6 Å². The maximum Gasteiger partial charge on any atom is 0.447 e. The Morgan fingerprint density at radius 3 is 1.81 bits per heavy atom. The summed E-state index contributed by atoms with van der Waals surface area (Å²) in [4.78, 5) is 58.2. The highest BCUT2D eigenvalue weighted by Crippen LogP contribution is 2.53. The molecule has 0 spiro atoms. The van der Waals surface area contributed by atoms with Crippen LogP contribution in [-0.2, 0) is 22.4 Å².